The Hall–Kier alpha value is -2.78. The van der Waals surface area contributed by atoms with Crippen LogP contribution >= 0.6 is 23.2 Å². The van der Waals surface area contributed by atoms with Gasteiger partial charge in [-0.25, -0.2) is 8.42 Å². The number of rotatable bonds is 9. The van der Waals surface area contributed by atoms with Crippen LogP contribution in [-0.2, 0) is 19.6 Å². The number of halogens is 2. The molecule has 0 bridgehead atoms. The van der Waals surface area contributed by atoms with Crippen LogP contribution in [0.1, 0.15) is 24.2 Å². The predicted octanol–water partition coefficient (Wildman–Crippen LogP) is 4.84. The molecule has 3 rings (SSSR count). The monoisotopic (exact) mass is 523 g/mol. The molecule has 3 aromatic rings. The number of ether oxygens (including phenoxy) is 2. The molecular weight excluding hydrogens is 501 g/mol. The van der Waals surface area contributed by atoms with E-state index in [0.29, 0.717) is 11.3 Å². The number of methoxy groups -OCH3 is 1. The highest BCUT2D eigenvalue weighted by Crippen LogP contribution is 2.37. The molecule has 0 aliphatic carbocycles. The first kappa shape index (κ1) is 25.8. The fourth-order valence-corrected chi connectivity index (χ4v) is 5.19. The van der Waals surface area contributed by atoms with Gasteiger partial charge in [0.25, 0.3) is 10.0 Å². The van der Waals surface area contributed by atoms with Crippen molar-refractivity contribution in [2.75, 3.05) is 24.6 Å². The standard InChI is InChI=1S/C24H23Cl2NO6S/c1-3-33-23(28)15-27(34(30,31)18-11-9-17(32-2)10-12-18)22-13-8-16(25)14-20(22)24(29)19-6-4-5-7-21(19)26/h4-14,24,29H,3,15H2,1-2H3. The number of hydrogen-bond donors (Lipinski definition) is 1. The van der Waals surface area contributed by atoms with Crippen LogP contribution in [0.3, 0.4) is 0 Å². The molecule has 0 saturated heterocycles. The molecule has 0 aliphatic heterocycles. The van der Waals surface area contributed by atoms with Crippen molar-refractivity contribution in [3.05, 3.63) is 87.9 Å². The second-order valence-corrected chi connectivity index (χ2v) is 9.83. The van der Waals surface area contributed by atoms with Crippen LogP contribution in [0.15, 0.2) is 71.6 Å². The van der Waals surface area contributed by atoms with Crippen LogP contribution in [0, 0.1) is 0 Å². The van der Waals surface area contributed by atoms with Gasteiger partial charge >= 0.3 is 5.97 Å². The lowest BCUT2D eigenvalue weighted by atomic mass is 9.99. The molecule has 0 heterocycles. The minimum atomic E-state index is -4.26. The van der Waals surface area contributed by atoms with E-state index in [1.165, 1.54) is 49.6 Å². The SMILES string of the molecule is CCOC(=O)CN(c1ccc(Cl)cc1C(O)c1ccccc1Cl)S(=O)(=O)c1ccc(OC)cc1. The maximum Gasteiger partial charge on any atom is 0.326 e. The van der Waals surface area contributed by atoms with E-state index < -0.39 is 28.6 Å². The minimum absolute atomic E-state index is 0.0562. The number of aliphatic hydroxyl groups is 1. The first-order valence-electron chi connectivity index (χ1n) is 10.2. The van der Waals surface area contributed by atoms with E-state index >= 15 is 0 Å². The van der Waals surface area contributed by atoms with E-state index in [0.717, 1.165) is 4.31 Å². The number of hydrogen-bond acceptors (Lipinski definition) is 6. The quantitative estimate of drug-likeness (QED) is 0.403. The first-order valence-corrected chi connectivity index (χ1v) is 12.4. The van der Waals surface area contributed by atoms with Crippen LogP contribution in [0.25, 0.3) is 0 Å². The van der Waals surface area contributed by atoms with E-state index in [1.807, 2.05) is 0 Å². The van der Waals surface area contributed by atoms with Crippen LogP contribution in [0.2, 0.25) is 10.0 Å². The third-order valence-electron chi connectivity index (χ3n) is 4.98. The fourth-order valence-electron chi connectivity index (χ4n) is 3.33. The molecule has 10 heteroatoms. The zero-order valence-electron chi connectivity index (χ0n) is 18.4. The maximum atomic E-state index is 13.7. The number of benzene rings is 3. The van der Waals surface area contributed by atoms with E-state index in [1.54, 1.807) is 31.2 Å². The highest BCUT2D eigenvalue weighted by molar-refractivity contribution is 7.92. The predicted molar refractivity (Wildman–Crippen MR) is 131 cm³/mol. The highest BCUT2D eigenvalue weighted by Gasteiger charge is 2.31. The smallest absolute Gasteiger partial charge is 0.326 e. The Morgan fingerprint density at radius 3 is 2.32 bits per heavy atom. The lowest BCUT2D eigenvalue weighted by Crippen LogP contribution is -2.37. The van der Waals surface area contributed by atoms with E-state index in [2.05, 4.69) is 0 Å². The second-order valence-electron chi connectivity index (χ2n) is 7.12. The molecule has 0 saturated carbocycles. The van der Waals surface area contributed by atoms with Crippen molar-refractivity contribution in [1.82, 2.24) is 0 Å². The molecule has 0 aliphatic rings. The summed E-state index contributed by atoms with van der Waals surface area (Å²) in [4.78, 5) is 12.3. The van der Waals surface area contributed by atoms with Gasteiger partial charge in [0.1, 0.15) is 18.4 Å². The lowest BCUT2D eigenvalue weighted by Gasteiger charge is -2.28. The van der Waals surface area contributed by atoms with E-state index in [4.69, 9.17) is 32.7 Å². The molecule has 1 unspecified atom stereocenters. The molecule has 1 N–H and O–H groups in total. The molecule has 180 valence electrons. The van der Waals surface area contributed by atoms with E-state index in [9.17, 15) is 18.3 Å². The summed E-state index contributed by atoms with van der Waals surface area (Å²) >= 11 is 12.5. The van der Waals surface area contributed by atoms with Crippen LogP contribution < -0.4 is 9.04 Å². The van der Waals surface area contributed by atoms with Gasteiger partial charge in [-0.05, 0) is 55.5 Å². The summed E-state index contributed by atoms with van der Waals surface area (Å²) in [5.41, 5.74) is 0.563. The summed E-state index contributed by atoms with van der Waals surface area (Å²) in [7, 11) is -2.80. The molecular formula is C24H23Cl2NO6S. The molecule has 0 aromatic heterocycles. The van der Waals surface area contributed by atoms with Crippen molar-refractivity contribution in [2.45, 2.75) is 17.9 Å². The summed E-state index contributed by atoms with van der Waals surface area (Å²) in [5.74, 6) is -0.287. The molecule has 7 nitrogen and oxygen atoms in total. The number of nitrogens with zero attached hydrogens (tertiary/aromatic N) is 1. The number of carbonyl (C=O) groups is 1. The number of anilines is 1. The van der Waals surface area contributed by atoms with Gasteiger partial charge in [0, 0.05) is 21.2 Å². The maximum absolute atomic E-state index is 13.7. The molecule has 34 heavy (non-hydrogen) atoms. The Morgan fingerprint density at radius 1 is 1.03 bits per heavy atom. The Morgan fingerprint density at radius 2 is 1.71 bits per heavy atom. The topological polar surface area (TPSA) is 93.1 Å². The Balaban J connectivity index is 2.18. The Kier molecular flexibility index (Phi) is 8.43. The van der Waals surface area contributed by atoms with Crippen LogP contribution in [-0.4, -0.2) is 39.8 Å². The van der Waals surface area contributed by atoms with Gasteiger partial charge in [-0.15, -0.1) is 0 Å². The van der Waals surface area contributed by atoms with Crippen molar-refractivity contribution >= 4 is 44.9 Å². The zero-order valence-corrected chi connectivity index (χ0v) is 20.8. The largest absolute Gasteiger partial charge is 0.497 e. The third kappa shape index (κ3) is 5.64. The Bertz CT molecular complexity index is 1260. The van der Waals surface area contributed by atoms with Crippen molar-refractivity contribution < 1.29 is 27.8 Å². The van der Waals surface area contributed by atoms with Gasteiger partial charge in [-0.3, -0.25) is 9.10 Å². The number of sulfonamides is 1. The number of carbonyl (C=O) groups excluding carboxylic acids is 1. The number of aliphatic hydroxyl groups excluding tert-OH is 1. The third-order valence-corrected chi connectivity index (χ3v) is 7.33. The van der Waals surface area contributed by atoms with Crippen molar-refractivity contribution in [3.63, 3.8) is 0 Å². The lowest BCUT2D eigenvalue weighted by molar-refractivity contribution is -0.141. The van der Waals surface area contributed by atoms with Crippen LogP contribution in [0.4, 0.5) is 5.69 Å². The molecule has 0 spiro atoms. The average molecular weight is 524 g/mol. The van der Waals surface area contributed by atoms with Crippen molar-refractivity contribution in [3.8, 4) is 5.75 Å². The highest BCUT2D eigenvalue weighted by atomic mass is 35.5. The molecule has 3 aromatic carbocycles. The molecule has 0 fully saturated rings. The van der Waals surface area contributed by atoms with Gasteiger partial charge < -0.3 is 14.6 Å². The van der Waals surface area contributed by atoms with Gasteiger partial charge in [0.2, 0.25) is 0 Å². The van der Waals surface area contributed by atoms with Crippen molar-refractivity contribution in [1.29, 1.82) is 0 Å². The van der Waals surface area contributed by atoms with Crippen molar-refractivity contribution in [2.24, 2.45) is 0 Å². The molecule has 0 amide bonds. The second kappa shape index (κ2) is 11.1. The zero-order chi connectivity index (χ0) is 24.9. The summed E-state index contributed by atoms with van der Waals surface area (Å²) in [6.45, 7) is 1.08. The fraction of sp³-hybridized carbons (Fsp3) is 0.208. The first-order chi connectivity index (χ1) is 16.2. The van der Waals surface area contributed by atoms with Gasteiger partial charge in [-0.1, -0.05) is 41.4 Å². The normalized spacial score (nSPS) is 12.1. The van der Waals surface area contributed by atoms with E-state index in [-0.39, 0.29) is 32.8 Å². The Labute approximate surface area is 208 Å². The summed E-state index contributed by atoms with van der Waals surface area (Å²) in [6.07, 6.45) is -1.32. The summed E-state index contributed by atoms with van der Waals surface area (Å²) < 4.78 is 38.4. The van der Waals surface area contributed by atoms with Gasteiger partial charge in [0.05, 0.1) is 24.3 Å². The molecule has 1 atom stereocenters. The minimum Gasteiger partial charge on any atom is -0.497 e. The number of esters is 1. The van der Waals surface area contributed by atoms with Gasteiger partial charge in [-0.2, -0.15) is 0 Å². The van der Waals surface area contributed by atoms with Gasteiger partial charge in [0.15, 0.2) is 0 Å². The molecule has 0 radical (unpaired) electrons. The summed E-state index contributed by atoms with van der Waals surface area (Å²) in [6, 6.07) is 16.7. The van der Waals surface area contributed by atoms with Crippen LogP contribution in [0.5, 0.6) is 5.75 Å². The average Bonchev–Trinajstić information content (AvgIpc) is 2.83. The summed E-state index contributed by atoms with van der Waals surface area (Å²) in [5, 5.41) is 11.7.